The summed E-state index contributed by atoms with van der Waals surface area (Å²) < 4.78 is 12.2. The minimum Gasteiger partial charge on any atom is -0.399 e. The fourth-order valence-electron chi connectivity index (χ4n) is 2.26. The van der Waals surface area contributed by atoms with Crippen molar-refractivity contribution in [3.63, 3.8) is 0 Å². The molecule has 0 spiro atoms. The van der Waals surface area contributed by atoms with E-state index in [2.05, 4.69) is 25.5 Å². The Hall–Kier alpha value is -0.885. The van der Waals surface area contributed by atoms with Crippen LogP contribution >= 0.6 is 12.6 Å². The van der Waals surface area contributed by atoms with Crippen LogP contribution in [-0.2, 0) is 15.1 Å². The molecule has 0 saturated carbocycles. The van der Waals surface area contributed by atoms with Crippen LogP contribution in [0.1, 0.15) is 44.4 Å². The Balaban J connectivity index is 2.47. The van der Waals surface area contributed by atoms with E-state index in [0.717, 1.165) is 22.2 Å². The highest BCUT2D eigenvalue weighted by Gasteiger charge is 2.52. The van der Waals surface area contributed by atoms with E-state index in [1.54, 1.807) is 0 Å². The van der Waals surface area contributed by atoms with Crippen molar-refractivity contribution in [1.82, 2.24) is 0 Å². The quantitative estimate of drug-likeness (QED) is 0.512. The lowest BCUT2D eigenvalue weighted by Crippen LogP contribution is -2.41. The topological polar surface area (TPSA) is 18.5 Å². The van der Waals surface area contributed by atoms with Crippen LogP contribution in [0.15, 0.2) is 12.1 Å². The number of thiol groups is 1. The van der Waals surface area contributed by atoms with Crippen molar-refractivity contribution < 1.29 is 9.31 Å². The van der Waals surface area contributed by atoms with Crippen molar-refractivity contribution in [3.8, 4) is 12.3 Å². The van der Waals surface area contributed by atoms with E-state index in [1.165, 1.54) is 0 Å². The van der Waals surface area contributed by atoms with Gasteiger partial charge in [0.25, 0.3) is 0 Å². The van der Waals surface area contributed by atoms with Crippen molar-refractivity contribution in [1.29, 1.82) is 0 Å². The first-order chi connectivity index (χ1) is 9.21. The highest BCUT2D eigenvalue weighted by molar-refractivity contribution is 7.79. The maximum atomic E-state index is 6.11. The van der Waals surface area contributed by atoms with Gasteiger partial charge in [0.1, 0.15) is 0 Å². The summed E-state index contributed by atoms with van der Waals surface area (Å²) in [4.78, 5) is 0. The Morgan fingerprint density at radius 1 is 1.20 bits per heavy atom. The normalized spacial score (nSPS) is 19.9. The summed E-state index contributed by atoms with van der Waals surface area (Å²) in [5.41, 5.74) is 3.40. The average molecular weight is 288 g/mol. The maximum absolute atomic E-state index is 6.11. The number of terminal acetylenes is 1. The molecule has 0 amide bonds. The predicted octanol–water partition coefficient (Wildman–Crippen LogP) is 2.71. The zero-order valence-electron chi connectivity index (χ0n) is 12.8. The standard InChI is InChI=1S/C16H21BO2S/c1-7-12-8-13(10-20)11(2)14(9-12)17-18-15(3,4)16(5,6)19-17/h1,8-9,20H,10H2,2-6H3. The molecule has 0 aromatic heterocycles. The molecule has 1 heterocycles. The van der Waals surface area contributed by atoms with E-state index < -0.39 is 0 Å². The van der Waals surface area contributed by atoms with E-state index in [-0.39, 0.29) is 18.3 Å². The second-order valence-corrected chi connectivity index (χ2v) is 6.56. The van der Waals surface area contributed by atoms with Gasteiger partial charge in [0.05, 0.1) is 11.2 Å². The van der Waals surface area contributed by atoms with Gasteiger partial charge in [-0.2, -0.15) is 12.6 Å². The van der Waals surface area contributed by atoms with Crippen LogP contribution in [0.4, 0.5) is 0 Å². The molecule has 0 radical (unpaired) electrons. The van der Waals surface area contributed by atoms with Crippen LogP contribution < -0.4 is 5.46 Å². The third-order valence-electron chi connectivity index (χ3n) is 4.40. The van der Waals surface area contributed by atoms with Crippen molar-refractivity contribution >= 4 is 25.2 Å². The second-order valence-electron chi connectivity index (χ2n) is 6.24. The molecule has 0 bridgehead atoms. The highest BCUT2D eigenvalue weighted by Crippen LogP contribution is 2.36. The van der Waals surface area contributed by atoms with Gasteiger partial charge in [-0.3, -0.25) is 0 Å². The second kappa shape index (κ2) is 5.14. The lowest BCUT2D eigenvalue weighted by Gasteiger charge is -2.32. The molecule has 1 aromatic rings. The molecule has 0 unspecified atom stereocenters. The molecule has 1 fully saturated rings. The van der Waals surface area contributed by atoms with Gasteiger partial charge < -0.3 is 9.31 Å². The SMILES string of the molecule is C#Cc1cc(CS)c(C)c(B2OC(C)(C)C(C)(C)O2)c1. The third kappa shape index (κ3) is 2.51. The molecule has 1 saturated heterocycles. The first kappa shape index (κ1) is 15.5. The molecule has 4 heteroatoms. The molecular formula is C16H21BO2S. The molecule has 0 N–H and O–H groups in total. The van der Waals surface area contributed by atoms with Crippen LogP contribution in [0.25, 0.3) is 0 Å². The lowest BCUT2D eigenvalue weighted by molar-refractivity contribution is 0.00578. The van der Waals surface area contributed by atoms with Crippen LogP contribution in [0.5, 0.6) is 0 Å². The van der Waals surface area contributed by atoms with Crippen LogP contribution in [-0.4, -0.2) is 18.3 Å². The predicted molar refractivity (Wildman–Crippen MR) is 87.5 cm³/mol. The van der Waals surface area contributed by atoms with Gasteiger partial charge in [0.15, 0.2) is 0 Å². The molecule has 1 aliphatic heterocycles. The Bertz CT molecular complexity index is 557. The Morgan fingerprint density at radius 2 is 1.75 bits per heavy atom. The zero-order chi connectivity index (χ0) is 15.1. The van der Waals surface area contributed by atoms with Crippen LogP contribution in [0.2, 0.25) is 0 Å². The third-order valence-corrected chi connectivity index (χ3v) is 4.74. The summed E-state index contributed by atoms with van der Waals surface area (Å²) in [6.07, 6.45) is 5.54. The molecule has 1 aromatic carbocycles. The smallest absolute Gasteiger partial charge is 0.399 e. The molecule has 106 valence electrons. The number of benzene rings is 1. The van der Waals surface area contributed by atoms with Gasteiger partial charge >= 0.3 is 7.12 Å². The summed E-state index contributed by atoms with van der Waals surface area (Å²) >= 11 is 4.37. The van der Waals surface area contributed by atoms with Crippen molar-refractivity contribution in [3.05, 3.63) is 28.8 Å². The molecule has 0 aliphatic carbocycles. The van der Waals surface area contributed by atoms with Gasteiger partial charge in [0.2, 0.25) is 0 Å². The summed E-state index contributed by atoms with van der Waals surface area (Å²) in [5.74, 6) is 3.34. The highest BCUT2D eigenvalue weighted by atomic mass is 32.1. The monoisotopic (exact) mass is 288 g/mol. The maximum Gasteiger partial charge on any atom is 0.495 e. The summed E-state index contributed by atoms with van der Waals surface area (Å²) in [5, 5.41) is 0. The van der Waals surface area contributed by atoms with Crippen LogP contribution in [0, 0.1) is 19.3 Å². The van der Waals surface area contributed by atoms with E-state index in [4.69, 9.17) is 15.7 Å². The summed E-state index contributed by atoms with van der Waals surface area (Å²) in [6.45, 7) is 10.3. The number of rotatable bonds is 2. The minimum absolute atomic E-state index is 0.350. The Kier molecular flexibility index (Phi) is 3.99. The molecule has 1 aliphatic rings. The number of hydrogen-bond donors (Lipinski definition) is 1. The van der Waals surface area contributed by atoms with Gasteiger partial charge in [0, 0.05) is 11.3 Å². The first-order valence-electron chi connectivity index (χ1n) is 6.78. The molecule has 2 rings (SSSR count). The minimum atomic E-state index is -0.382. The lowest BCUT2D eigenvalue weighted by atomic mass is 9.74. The molecule has 0 atom stereocenters. The zero-order valence-corrected chi connectivity index (χ0v) is 13.7. The van der Waals surface area contributed by atoms with Gasteiger partial charge in [-0.15, -0.1) is 6.42 Å². The fraction of sp³-hybridized carbons (Fsp3) is 0.500. The number of hydrogen-bond acceptors (Lipinski definition) is 3. The molecule has 20 heavy (non-hydrogen) atoms. The van der Waals surface area contributed by atoms with Gasteiger partial charge in [-0.25, -0.2) is 0 Å². The van der Waals surface area contributed by atoms with Crippen LogP contribution in [0.3, 0.4) is 0 Å². The molecule has 2 nitrogen and oxygen atoms in total. The Morgan fingerprint density at radius 3 is 2.20 bits per heavy atom. The summed E-state index contributed by atoms with van der Waals surface area (Å²) in [7, 11) is -0.382. The largest absolute Gasteiger partial charge is 0.495 e. The first-order valence-corrected chi connectivity index (χ1v) is 7.41. The van der Waals surface area contributed by atoms with Crippen molar-refractivity contribution in [2.24, 2.45) is 0 Å². The fourth-order valence-corrected chi connectivity index (χ4v) is 2.59. The summed E-state index contributed by atoms with van der Waals surface area (Å²) in [6, 6.07) is 3.97. The van der Waals surface area contributed by atoms with E-state index in [1.807, 2.05) is 39.8 Å². The van der Waals surface area contributed by atoms with Gasteiger partial charge in [-0.05, 0) is 63.3 Å². The van der Waals surface area contributed by atoms with E-state index in [9.17, 15) is 0 Å². The van der Waals surface area contributed by atoms with Gasteiger partial charge in [-0.1, -0.05) is 5.92 Å². The Labute approximate surface area is 127 Å². The average Bonchev–Trinajstić information content (AvgIpc) is 2.58. The van der Waals surface area contributed by atoms with Crippen molar-refractivity contribution in [2.75, 3.05) is 0 Å². The van der Waals surface area contributed by atoms with Crippen molar-refractivity contribution in [2.45, 2.75) is 51.6 Å². The van der Waals surface area contributed by atoms with E-state index >= 15 is 0 Å². The molecular weight excluding hydrogens is 267 g/mol. The van der Waals surface area contributed by atoms with E-state index in [0.29, 0.717) is 5.75 Å².